The second kappa shape index (κ2) is 5.39. The van der Waals surface area contributed by atoms with Crippen molar-refractivity contribution in [2.24, 2.45) is 0 Å². The molecule has 0 bridgehead atoms. The van der Waals surface area contributed by atoms with Crippen LogP contribution in [0.1, 0.15) is 31.9 Å². The van der Waals surface area contributed by atoms with Gasteiger partial charge in [0.05, 0.1) is 5.75 Å². The molecule has 0 aliphatic heterocycles. The lowest BCUT2D eigenvalue weighted by Crippen LogP contribution is -2.10. The molecule has 88 valence electrons. The van der Waals surface area contributed by atoms with E-state index < -0.39 is 5.97 Å². The van der Waals surface area contributed by atoms with Crippen LogP contribution in [0.4, 0.5) is 0 Å². The summed E-state index contributed by atoms with van der Waals surface area (Å²) in [4.78, 5) is 10.4. The quantitative estimate of drug-likeness (QED) is 0.874. The van der Waals surface area contributed by atoms with Gasteiger partial charge < -0.3 is 5.11 Å². The molecule has 0 fully saturated rings. The van der Waals surface area contributed by atoms with Crippen molar-refractivity contribution in [2.45, 2.75) is 31.9 Å². The van der Waals surface area contributed by atoms with E-state index in [9.17, 15) is 4.79 Å². The molecule has 0 radical (unpaired) electrons. The Bertz CT molecular complexity index is 349. The van der Waals surface area contributed by atoms with Crippen LogP contribution < -0.4 is 0 Å². The fourth-order valence-electron chi connectivity index (χ4n) is 1.36. The summed E-state index contributed by atoms with van der Waals surface area (Å²) in [6, 6.07) is 8.40. The Labute approximate surface area is 101 Å². The highest BCUT2D eigenvalue weighted by Gasteiger charge is 2.12. The maximum atomic E-state index is 10.4. The van der Waals surface area contributed by atoms with Gasteiger partial charge in [0.1, 0.15) is 0 Å². The maximum absolute atomic E-state index is 10.4. The minimum Gasteiger partial charge on any atom is -0.481 e. The van der Waals surface area contributed by atoms with Crippen molar-refractivity contribution in [1.29, 1.82) is 0 Å². The number of hydrogen-bond acceptors (Lipinski definition) is 2. The van der Waals surface area contributed by atoms with Gasteiger partial charge in [-0.15, -0.1) is 11.8 Å². The zero-order valence-electron chi connectivity index (χ0n) is 9.99. The van der Waals surface area contributed by atoms with E-state index >= 15 is 0 Å². The molecular formula is C13H18O2S. The van der Waals surface area contributed by atoms with Gasteiger partial charge in [0, 0.05) is 5.75 Å². The van der Waals surface area contributed by atoms with E-state index in [4.69, 9.17) is 5.11 Å². The average Bonchev–Trinajstić information content (AvgIpc) is 2.16. The second-order valence-corrected chi connectivity index (χ2v) is 5.82. The molecule has 16 heavy (non-hydrogen) atoms. The van der Waals surface area contributed by atoms with E-state index in [2.05, 4.69) is 45.0 Å². The molecule has 0 unspecified atom stereocenters. The predicted molar refractivity (Wildman–Crippen MR) is 68.9 cm³/mol. The Morgan fingerprint density at radius 3 is 2.25 bits per heavy atom. The molecule has 1 aromatic rings. The van der Waals surface area contributed by atoms with Crippen molar-refractivity contribution < 1.29 is 9.90 Å². The number of thioether (sulfide) groups is 1. The van der Waals surface area contributed by atoms with Crippen LogP contribution in [0.15, 0.2) is 24.3 Å². The van der Waals surface area contributed by atoms with Crippen LogP contribution in [0, 0.1) is 0 Å². The van der Waals surface area contributed by atoms with Crippen molar-refractivity contribution in [2.75, 3.05) is 5.75 Å². The first-order valence-corrected chi connectivity index (χ1v) is 6.44. The minimum atomic E-state index is -0.753. The zero-order chi connectivity index (χ0) is 12.2. The number of aliphatic carboxylic acids is 1. The van der Waals surface area contributed by atoms with Crippen LogP contribution >= 0.6 is 11.8 Å². The maximum Gasteiger partial charge on any atom is 0.313 e. The van der Waals surface area contributed by atoms with E-state index in [0.29, 0.717) is 0 Å². The van der Waals surface area contributed by atoms with Crippen LogP contribution in [0.2, 0.25) is 0 Å². The van der Waals surface area contributed by atoms with E-state index in [0.717, 1.165) is 5.75 Å². The van der Waals surface area contributed by atoms with Gasteiger partial charge in [0.2, 0.25) is 0 Å². The van der Waals surface area contributed by atoms with Crippen molar-refractivity contribution in [3.05, 3.63) is 35.4 Å². The smallest absolute Gasteiger partial charge is 0.313 e. The Balaban J connectivity index is 2.55. The lowest BCUT2D eigenvalue weighted by molar-refractivity contribution is -0.133. The molecule has 3 heteroatoms. The van der Waals surface area contributed by atoms with Crippen molar-refractivity contribution in [1.82, 2.24) is 0 Å². The highest BCUT2D eigenvalue weighted by atomic mass is 32.2. The molecule has 0 atom stereocenters. The fourth-order valence-corrected chi connectivity index (χ4v) is 2.06. The van der Waals surface area contributed by atoms with Crippen LogP contribution in [0.5, 0.6) is 0 Å². The Hall–Kier alpha value is -0.960. The van der Waals surface area contributed by atoms with Gasteiger partial charge in [0.25, 0.3) is 0 Å². The average molecular weight is 238 g/mol. The van der Waals surface area contributed by atoms with E-state index in [1.807, 2.05) is 0 Å². The van der Waals surface area contributed by atoms with Gasteiger partial charge in [-0.05, 0) is 16.5 Å². The zero-order valence-corrected chi connectivity index (χ0v) is 10.8. The highest BCUT2D eigenvalue weighted by molar-refractivity contribution is 7.99. The summed E-state index contributed by atoms with van der Waals surface area (Å²) in [6.07, 6.45) is 0. The van der Waals surface area contributed by atoms with Gasteiger partial charge in [-0.3, -0.25) is 4.79 Å². The van der Waals surface area contributed by atoms with Gasteiger partial charge in [-0.1, -0.05) is 45.0 Å². The summed E-state index contributed by atoms with van der Waals surface area (Å²) >= 11 is 1.43. The molecule has 0 saturated heterocycles. The number of carbonyl (C=O) groups is 1. The molecule has 0 aromatic heterocycles. The van der Waals surface area contributed by atoms with E-state index in [1.165, 1.54) is 22.9 Å². The largest absolute Gasteiger partial charge is 0.481 e. The Morgan fingerprint density at radius 2 is 1.81 bits per heavy atom. The number of hydrogen-bond donors (Lipinski definition) is 1. The van der Waals surface area contributed by atoms with Gasteiger partial charge in [-0.25, -0.2) is 0 Å². The van der Waals surface area contributed by atoms with Crippen molar-refractivity contribution in [3.8, 4) is 0 Å². The molecule has 1 aromatic carbocycles. The van der Waals surface area contributed by atoms with Gasteiger partial charge >= 0.3 is 5.97 Å². The Morgan fingerprint density at radius 1 is 1.25 bits per heavy atom. The van der Waals surface area contributed by atoms with Gasteiger partial charge in [-0.2, -0.15) is 0 Å². The second-order valence-electron chi connectivity index (χ2n) is 4.83. The van der Waals surface area contributed by atoms with Gasteiger partial charge in [0.15, 0.2) is 0 Å². The Kier molecular flexibility index (Phi) is 4.42. The fraction of sp³-hybridized carbons (Fsp3) is 0.462. The first-order chi connectivity index (χ1) is 7.39. The SMILES string of the molecule is CC(C)(C)c1ccc(CSCC(=O)O)cc1. The molecule has 2 nitrogen and oxygen atoms in total. The van der Waals surface area contributed by atoms with E-state index in [-0.39, 0.29) is 11.2 Å². The number of benzene rings is 1. The van der Waals surface area contributed by atoms with Crippen LogP contribution in [-0.4, -0.2) is 16.8 Å². The molecule has 0 amide bonds. The minimum absolute atomic E-state index is 0.168. The predicted octanol–water partition coefficient (Wildman–Crippen LogP) is 3.30. The van der Waals surface area contributed by atoms with E-state index in [1.54, 1.807) is 0 Å². The van der Waals surface area contributed by atoms with Crippen LogP contribution in [0.3, 0.4) is 0 Å². The third-order valence-corrected chi connectivity index (χ3v) is 3.30. The first-order valence-electron chi connectivity index (χ1n) is 5.28. The number of rotatable bonds is 4. The molecule has 0 saturated carbocycles. The summed E-state index contributed by atoms with van der Waals surface area (Å²) in [5.74, 6) is 0.175. The third-order valence-electron chi connectivity index (χ3n) is 2.31. The molecule has 1 rings (SSSR count). The van der Waals surface area contributed by atoms with Crippen LogP contribution in [-0.2, 0) is 16.0 Å². The van der Waals surface area contributed by atoms with Crippen molar-refractivity contribution >= 4 is 17.7 Å². The molecule has 0 heterocycles. The normalized spacial score (nSPS) is 11.4. The number of carboxylic acid groups (broad SMARTS) is 1. The molecule has 1 N–H and O–H groups in total. The summed E-state index contributed by atoms with van der Waals surface area (Å²) in [5.41, 5.74) is 2.66. The summed E-state index contributed by atoms with van der Waals surface area (Å²) < 4.78 is 0. The third kappa shape index (κ3) is 4.27. The molecule has 0 spiro atoms. The molecule has 0 aliphatic rings. The first kappa shape index (κ1) is 13.1. The lowest BCUT2D eigenvalue weighted by atomic mass is 9.87. The lowest BCUT2D eigenvalue weighted by Gasteiger charge is -2.19. The van der Waals surface area contributed by atoms with Crippen molar-refractivity contribution in [3.63, 3.8) is 0 Å². The highest BCUT2D eigenvalue weighted by Crippen LogP contribution is 2.23. The topological polar surface area (TPSA) is 37.3 Å². The summed E-state index contributed by atoms with van der Waals surface area (Å²) in [5, 5.41) is 8.52. The molecular weight excluding hydrogens is 220 g/mol. The monoisotopic (exact) mass is 238 g/mol. The summed E-state index contributed by atoms with van der Waals surface area (Å²) in [7, 11) is 0. The number of carboxylic acids is 1. The molecule has 0 aliphatic carbocycles. The summed E-state index contributed by atoms with van der Waals surface area (Å²) in [6.45, 7) is 6.55. The standard InChI is InChI=1S/C13H18O2S/c1-13(2,3)11-6-4-10(5-7-11)8-16-9-12(14)15/h4-7H,8-9H2,1-3H3,(H,14,15). The van der Waals surface area contributed by atoms with Crippen LogP contribution in [0.25, 0.3) is 0 Å².